The molecule has 2 aliphatic heterocycles. The molecule has 2 aliphatic rings. The molecule has 0 aliphatic carbocycles. The Kier molecular flexibility index (Phi) is 16.6. The van der Waals surface area contributed by atoms with Crippen molar-refractivity contribution < 1.29 is 29.4 Å². The van der Waals surface area contributed by atoms with Crippen molar-refractivity contribution in [1.29, 1.82) is 0 Å². The Labute approximate surface area is 256 Å². The molecule has 0 aromatic rings. The number of carbonyl (C=O) groups excluding carboxylic acids is 2. The average molecular weight is 637 g/mol. The maximum atomic E-state index is 12.9. The fraction of sp³-hybridized carbons (Fsp3) is 0.857. The van der Waals surface area contributed by atoms with Crippen LogP contribution in [0.4, 0.5) is 0 Å². The summed E-state index contributed by atoms with van der Waals surface area (Å²) in [5, 5.41) is 19.3. The zero-order chi connectivity index (χ0) is 29.7. The Morgan fingerprint density at radius 1 is 0.725 bits per heavy atom. The second kappa shape index (κ2) is 18.7. The zero-order valence-corrected chi connectivity index (χ0v) is 27.7. The molecule has 2 rings (SSSR count). The van der Waals surface area contributed by atoms with E-state index >= 15 is 0 Å². The summed E-state index contributed by atoms with van der Waals surface area (Å²) in [7, 11) is 7.05. The molecule has 2 amide bonds. The summed E-state index contributed by atoms with van der Waals surface area (Å²) in [6.07, 6.45) is 8.38. The number of hydrogen-bond donors (Lipinski definition) is 2. The maximum absolute atomic E-state index is 12.9. The Balaban J connectivity index is 1.74. The third-order valence-corrected chi connectivity index (χ3v) is 13.3. The highest BCUT2D eigenvalue weighted by Crippen LogP contribution is 2.36. The molecule has 0 radical (unpaired) electrons. The van der Waals surface area contributed by atoms with Gasteiger partial charge in [-0.3, -0.25) is 9.59 Å². The van der Waals surface area contributed by atoms with Crippen LogP contribution in [0.15, 0.2) is 0 Å². The first-order valence-electron chi connectivity index (χ1n) is 14.6. The molecule has 2 saturated heterocycles. The molecule has 0 saturated carbocycles. The number of carboxylic acid groups (broad SMARTS) is 2. The van der Waals surface area contributed by atoms with Gasteiger partial charge in [0.2, 0.25) is 11.8 Å². The lowest BCUT2D eigenvalue weighted by atomic mass is 10.0. The molecule has 8 nitrogen and oxygen atoms in total. The van der Waals surface area contributed by atoms with Gasteiger partial charge in [0.25, 0.3) is 0 Å². The van der Waals surface area contributed by atoms with Gasteiger partial charge < -0.3 is 20.0 Å². The van der Waals surface area contributed by atoms with Gasteiger partial charge in [-0.05, 0) is 44.4 Å². The fourth-order valence-electron chi connectivity index (χ4n) is 5.07. The number of carbonyl (C=O) groups is 4. The van der Waals surface area contributed by atoms with E-state index in [2.05, 4.69) is 13.8 Å². The highest BCUT2D eigenvalue weighted by molar-refractivity contribution is 8.77. The van der Waals surface area contributed by atoms with Crippen molar-refractivity contribution in [2.45, 2.75) is 103 Å². The normalized spacial score (nSPS) is 21.5. The van der Waals surface area contributed by atoms with E-state index in [0.29, 0.717) is 48.6 Å². The van der Waals surface area contributed by atoms with Crippen molar-refractivity contribution in [1.82, 2.24) is 9.80 Å². The molecule has 0 aromatic heterocycles. The maximum Gasteiger partial charge on any atom is 0.326 e. The molecule has 230 valence electrons. The van der Waals surface area contributed by atoms with Crippen LogP contribution >= 0.6 is 43.2 Å². The van der Waals surface area contributed by atoms with Gasteiger partial charge in [-0.15, -0.1) is 0 Å². The van der Waals surface area contributed by atoms with Crippen molar-refractivity contribution in [3.05, 3.63) is 0 Å². The van der Waals surface area contributed by atoms with Crippen LogP contribution in [0.1, 0.15) is 85.5 Å². The standard InChI is InChI=1S/C28H48N2O6S4/c1-19(2)9-5-6-10-22(40-39-18-21(4)26(32)30-15-8-12-24(30)28(35)36)13-16-37-38-17-20(3)25(31)29-14-7-11-23(29)27(33)34/h19-24H,5-18H2,1-4H3,(H,33,34)(H,35,36)/t20-,21-,22+,23-,24-/m0/s1. The summed E-state index contributed by atoms with van der Waals surface area (Å²) in [5.74, 6) is 0.680. The van der Waals surface area contributed by atoms with E-state index in [1.54, 1.807) is 37.3 Å². The molecule has 0 bridgehead atoms. The summed E-state index contributed by atoms with van der Waals surface area (Å²) < 4.78 is 0. The number of rotatable bonds is 19. The van der Waals surface area contributed by atoms with E-state index in [0.717, 1.165) is 31.4 Å². The van der Waals surface area contributed by atoms with Crippen molar-refractivity contribution in [3.63, 3.8) is 0 Å². The highest BCUT2D eigenvalue weighted by Gasteiger charge is 2.36. The second-order valence-electron chi connectivity index (χ2n) is 11.4. The average Bonchev–Trinajstić information content (AvgIpc) is 3.59. The summed E-state index contributed by atoms with van der Waals surface area (Å²) in [4.78, 5) is 51.6. The summed E-state index contributed by atoms with van der Waals surface area (Å²) in [5.41, 5.74) is 0. The first-order chi connectivity index (χ1) is 19.0. The zero-order valence-electron chi connectivity index (χ0n) is 24.4. The van der Waals surface area contributed by atoms with E-state index in [9.17, 15) is 29.4 Å². The highest BCUT2D eigenvalue weighted by atomic mass is 33.1. The Hall–Kier alpha value is -0.720. The quantitative estimate of drug-likeness (QED) is 0.126. The molecule has 0 spiro atoms. The van der Waals surface area contributed by atoms with Gasteiger partial charge in [-0.25, -0.2) is 9.59 Å². The predicted molar refractivity (Wildman–Crippen MR) is 170 cm³/mol. The van der Waals surface area contributed by atoms with Gasteiger partial charge in [-0.1, -0.05) is 90.1 Å². The molecule has 2 N–H and O–H groups in total. The van der Waals surface area contributed by atoms with Crippen molar-refractivity contribution in [2.75, 3.05) is 30.3 Å². The number of likely N-dealkylation sites (tertiary alicyclic amines) is 2. The van der Waals surface area contributed by atoms with Crippen LogP contribution in [0.5, 0.6) is 0 Å². The lowest BCUT2D eigenvalue weighted by Gasteiger charge is -2.25. The van der Waals surface area contributed by atoms with Gasteiger partial charge >= 0.3 is 11.9 Å². The molecule has 5 atom stereocenters. The van der Waals surface area contributed by atoms with Crippen LogP contribution in [0.2, 0.25) is 0 Å². The van der Waals surface area contributed by atoms with Crippen molar-refractivity contribution in [2.24, 2.45) is 17.8 Å². The first-order valence-corrected chi connectivity index (χ1v) is 19.5. The molecule has 12 heteroatoms. The van der Waals surface area contributed by atoms with Gasteiger partial charge in [0.05, 0.1) is 0 Å². The number of aliphatic carboxylic acids is 2. The summed E-state index contributed by atoms with van der Waals surface area (Å²) in [6, 6.07) is -1.35. The Bertz CT molecular complexity index is 833. The number of nitrogens with zero attached hydrogens (tertiary/aromatic N) is 2. The third-order valence-electron chi connectivity index (χ3n) is 7.49. The Morgan fingerprint density at radius 3 is 1.73 bits per heavy atom. The van der Waals surface area contributed by atoms with Crippen LogP contribution in [0, 0.1) is 17.8 Å². The van der Waals surface area contributed by atoms with E-state index in [1.807, 2.05) is 24.6 Å². The summed E-state index contributed by atoms with van der Waals surface area (Å²) in [6.45, 7) is 9.37. The van der Waals surface area contributed by atoms with Crippen LogP contribution in [-0.2, 0) is 19.2 Å². The molecule has 0 aromatic carbocycles. The Morgan fingerprint density at radius 2 is 1.23 bits per heavy atom. The predicted octanol–water partition coefficient (Wildman–Crippen LogP) is 6.15. The minimum Gasteiger partial charge on any atom is -0.480 e. The summed E-state index contributed by atoms with van der Waals surface area (Å²) >= 11 is 0. The van der Waals surface area contributed by atoms with E-state index in [1.165, 1.54) is 24.2 Å². The van der Waals surface area contributed by atoms with Crippen LogP contribution in [0.3, 0.4) is 0 Å². The minimum absolute atomic E-state index is 0.0503. The molecular formula is C28H48N2O6S4. The topological polar surface area (TPSA) is 115 Å². The second-order valence-corrected chi connectivity index (χ2v) is 16.8. The number of carboxylic acids is 2. The monoisotopic (exact) mass is 636 g/mol. The number of hydrogen-bond acceptors (Lipinski definition) is 8. The molecule has 0 unspecified atom stereocenters. The van der Waals surface area contributed by atoms with Crippen molar-refractivity contribution >= 4 is 66.9 Å². The SMILES string of the molecule is CC(C)CCCC[C@H](CCSSC[C@H](C)C(=O)N1CCC[C@H]1C(=O)O)SSC[C@H](C)C(=O)N1CCC[C@H]1C(=O)O. The molecular weight excluding hydrogens is 589 g/mol. The van der Waals surface area contributed by atoms with Crippen molar-refractivity contribution in [3.8, 4) is 0 Å². The largest absolute Gasteiger partial charge is 0.480 e. The van der Waals surface area contributed by atoms with Crippen LogP contribution in [0.25, 0.3) is 0 Å². The van der Waals surface area contributed by atoms with E-state index < -0.39 is 24.0 Å². The molecule has 40 heavy (non-hydrogen) atoms. The first kappa shape index (κ1) is 35.5. The van der Waals surface area contributed by atoms with E-state index in [4.69, 9.17) is 0 Å². The van der Waals surface area contributed by atoms with E-state index in [-0.39, 0.29) is 23.7 Å². The van der Waals surface area contributed by atoms with Crippen LogP contribution < -0.4 is 0 Å². The minimum atomic E-state index is -0.908. The molecule has 2 fully saturated rings. The van der Waals surface area contributed by atoms with Gasteiger partial charge in [-0.2, -0.15) is 0 Å². The van der Waals surface area contributed by atoms with Gasteiger partial charge in [0.1, 0.15) is 12.1 Å². The number of unbranched alkanes of at least 4 members (excludes halogenated alkanes) is 1. The third kappa shape index (κ3) is 11.9. The fourth-order valence-corrected chi connectivity index (χ4v) is 10.8. The van der Waals surface area contributed by atoms with Crippen LogP contribution in [-0.4, -0.2) is 91.4 Å². The number of amides is 2. The lowest BCUT2D eigenvalue weighted by Crippen LogP contribution is -2.43. The lowest BCUT2D eigenvalue weighted by molar-refractivity contribution is -0.149. The van der Waals surface area contributed by atoms with Gasteiger partial charge in [0.15, 0.2) is 0 Å². The van der Waals surface area contributed by atoms with Gasteiger partial charge in [0, 0.05) is 47.4 Å². The smallest absolute Gasteiger partial charge is 0.326 e. The molecule has 2 heterocycles.